The van der Waals surface area contributed by atoms with Gasteiger partial charge in [0.1, 0.15) is 37.2 Å². The topological polar surface area (TPSA) is 126 Å². The molecule has 1 aromatic heterocycles. The van der Waals surface area contributed by atoms with E-state index in [1.807, 2.05) is 0 Å². The average molecular weight is 433 g/mol. The van der Waals surface area contributed by atoms with Gasteiger partial charge in [0.15, 0.2) is 0 Å². The van der Waals surface area contributed by atoms with Gasteiger partial charge in [-0.25, -0.2) is 4.79 Å². The van der Waals surface area contributed by atoms with Gasteiger partial charge in [0.25, 0.3) is 5.56 Å². The number of halogens is 3. The Morgan fingerprint density at radius 2 is 2.13 bits per heavy atom. The van der Waals surface area contributed by atoms with E-state index in [2.05, 4.69) is 5.92 Å². The van der Waals surface area contributed by atoms with Gasteiger partial charge in [0, 0.05) is 12.6 Å². The molecule has 12 heteroatoms. The monoisotopic (exact) mass is 433 g/mol. The second-order valence-electron chi connectivity index (χ2n) is 7.03. The summed E-state index contributed by atoms with van der Waals surface area (Å²) in [5.41, 5.74) is 1.51. The zero-order chi connectivity index (χ0) is 22.6. The summed E-state index contributed by atoms with van der Waals surface area (Å²) in [5.74, 6) is 1.38. The quantitative estimate of drug-likeness (QED) is 0.471. The third-order valence-electron chi connectivity index (χ3n) is 4.52. The van der Waals surface area contributed by atoms with Gasteiger partial charge < -0.3 is 19.9 Å². The Kier molecular flexibility index (Phi) is 7.46. The fourth-order valence-corrected chi connectivity index (χ4v) is 2.79. The Morgan fingerprint density at radius 1 is 1.47 bits per heavy atom. The standard InChI is InChI=1S/C18H22F3N3O6/c1-4-5-28-11-6-13(30-12(11)8-29-16(26)14(22)9(2)3)24-7-10(18(19,20)21)15(25)23-17(24)27/h1,7,9,11-14H,5-6,8,22H2,2-3H3,(H,23,25,27)/t11-,12+,13+,14-/m0/s1. The van der Waals surface area contributed by atoms with Crippen LogP contribution in [0.15, 0.2) is 15.8 Å². The zero-order valence-electron chi connectivity index (χ0n) is 16.3. The van der Waals surface area contributed by atoms with Crippen LogP contribution in [-0.2, 0) is 25.2 Å². The predicted molar refractivity (Wildman–Crippen MR) is 97.2 cm³/mol. The molecule has 0 bridgehead atoms. The van der Waals surface area contributed by atoms with Crippen molar-refractivity contribution in [1.82, 2.24) is 9.55 Å². The Morgan fingerprint density at radius 3 is 2.70 bits per heavy atom. The van der Waals surface area contributed by atoms with Gasteiger partial charge in [0.05, 0.1) is 6.10 Å². The van der Waals surface area contributed by atoms with Crippen LogP contribution in [0.1, 0.15) is 32.1 Å². The molecule has 1 saturated heterocycles. The van der Waals surface area contributed by atoms with Crippen LogP contribution < -0.4 is 17.0 Å². The number of aromatic amines is 1. The van der Waals surface area contributed by atoms with Gasteiger partial charge >= 0.3 is 17.8 Å². The summed E-state index contributed by atoms with van der Waals surface area (Å²) < 4.78 is 55.8. The molecule has 9 nitrogen and oxygen atoms in total. The highest BCUT2D eigenvalue weighted by Crippen LogP contribution is 2.32. The molecule has 0 spiro atoms. The van der Waals surface area contributed by atoms with Crippen molar-refractivity contribution in [2.75, 3.05) is 13.2 Å². The highest BCUT2D eigenvalue weighted by Gasteiger charge is 2.41. The smallest absolute Gasteiger partial charge is 0.423 e. The van der Waals surface area contributed by atoms with Gasteiger partial charge in [-0.05, 0) is 5.92 Å². The lowest BCUT2D eigenvalue weighted by Gasteiger charge is -2.20. The number of hydrogen-bond donors (Lipinski definition) is 2. The molecule has 166 valence electrons. The zero-order valence-corrected chi connectivity index (χ0v) is 16.3. The van der Waals surface area contributed by atoms with Crippen LogP contribution in [0.5, 0.6) is 0 Å². The predicted octanol–water partition coefficient (Wildman–Crippen LogP) is 0.388. The molecule has 30 heavy (non-hydrogen) atoms. The summed E-state index contributed by atoms with van der Waals surface area (Å²) in [7, 11) is 0. The minimum atomic E-state index is -4.97. The third kappa shape index (κ3) is 5.50. The lowest BCUT2D eigenvalue weighted by Crippen LogP contribution is -2.39. The number of rotatable bonds is 7. The number of aromatic nitrogens is 2. The van der Waals surface area contributed by atoms with E-state index >= 15 is 0 Å². The normalized spacial score (nSPS) is 22.7. The fourth-order valence-electron chi connectivity index (χ4n) is 2.79. The number of hydrogen-bond acceptors (Lipinski definition) is 7. The van der Waals surface area contributed by atoms with E-state index in [9.17, 15) is 27.6 Å². The molecular formula is C18H22F3N3O6. The van der Waals surface area contributed by atoms with Gasteiger partial charge in [-0.3, -0.25) is 19.1 Å². The molecule has 1 aliphatic rings. The van der Waals surface area contributed by atoms with Gasteiger partial charge in [-0.2, -0.15) is 13.2 Å². The van der Waals surface area contributed by atoms with Crippen molar-refractivity contribution in [2.45, 2.75) is 50.9 Å². The molecule has 0 aromatic carbocycles. The first kappa shape index (κ1) is 23.7. The highest BCUT2D eigenvalue weighted by molar-refractivity contribution is 5.75. The average Bonchev–Trinajstić information content (AvgIpc) is 3.05. The van der Waals surface area contributed by atoms with Crippen LogP contribution in [0.2, 0.25) is 0 Å². The van der Waals surface area contributed by atoms with Crippen LogP contribution in [-0.4, -0.2) is 47.0 Å². The summed E-state index contributed by atoms with van der Waals surface area (Å²) >= 11 is 0. The Bertz CT molecular complexity index is 917. The molecular weight excluding hydrogens is 411 g/mol. The maximum absolute atomic E-state index is 13.0. The number of ether oxygens (including phenoxy) is 3. The summed E-state index contributed by atoms with van der Waals surface area (Å²) in [6.07, 6.45) is -2.39. The van der Waals surface area contributed by atoms with Crippen LogP contribution in [0.25, 0.3) is 0 Å². The van der Waals surface area contributed by atoms with E-state index in [-0.39, 0.29) is 25.6 Å². The van der Waals surface area contributed by atoms with Gasteiger partial charge in [-0.1, -0.05) is 19.8 Å². The lowest BCUT2D eigenvalue weighted by atomic mass is 10.1. The van der Waals surface area contributed by atoms with E-state index in [0.717, 1.165) is 0 Å². The minimum absolute atomic E-state index is 0.0661. The van der Waals surface area contributed by atoms with Gasteiger partial charge in [0.2, 0.25) is 0 Å². The van der Waals surface area contributed by atoms with E-state index in [1.165, 1.54) is 0 Å². The molecule has 0 amide bonds. The van der Waals surface area contributed by atoms with Crippen LogP contribution in [0.3, 0.4) is 0 Å². The number of nitrogens with zero attached hydrogens (tertiary/aromatic N) is 1. The number of nitrogens with two attached hydrogens (primary N) is 1. The molecule has 4 atom stereocenters. The second-order valence-corrected chi connectivity index (χ2v) is 7.03. The number of nitrogens with one attached hydrogen (secondary N) is 1. The Hall–Kier alpha value is -2.62. The molecule has 1 fully saturated rings. The first-order valence-corrected chi connectivity index (χ1v) is 9.01. The Balaban J connectivity index is 2.23. The molecule has 2 heterocycles. The number of carbonyl (C=O) groups is 1. The van der Waals surface area contributed by atoms with E-state index in [0.29, 0.717) is 10.8 Å². The molecule has 2 rings (SSSR count). The maximum atomic E-state index is 13.0. The molecule has 0 unspecified atom stereocenters. The minimum Gasteiger partial charge on any atom is -0.462 e. The second kappa shape index (κ2) is 9.46. The number of esters is 1. The van der Waals surface area contributed by atoms with E-state index < -0.39 is 53.4 Å². The third-order valence-corrected chi connectivity index (χ3v) is 4.52. The molecule has 1 aromatic rings. The highest BCUT2D eigenvalue weighted by atomic mass is 19.4. The SMILES string of the molecule is C#CCO[C@H]1C[C@H](n2cc(C(F)(F)F)c(=O)[nH]c2=O)O[C@@H]1COC(=O)[C@@H](N)C(C)C. The molecule has 0 radical (unpaired) electrons. The van der Waals surface area contributed by atoms with Crippen molar-refractivity contribution in [3.05, 3.63) is 32.6 Å². The van der Waals surface area contributed by atoms with Crippen molar-refractivity contribution >= 4 is 5.97 Å². The number of alkyl halides is 3. The van der Waals surface area contributed by atoms with Crippen LogP contribution in [0.4, 0.5) is 13.2 Å². The van der Waals surface area contributed by atoms with Crippen molar-refractivity contribution in [1.29, 1.82) is 0 Å². The van der Waals surface area contributed by atoms with Crippen molar-refractivity contribution in [2.24, 2.45) is 11.7 Å². The maximum Gasteiger partial charge on any atom is 0.423 e. The summed E-state index contributed by atoms with van der Waals surface area (Å²) in [4.78, 5) is 37.1. The summed E-state index contributed by atoms with van der Waals surface area (Å²) in [6.45, 7) is 3.02. The van der Waals surface area contributed by atoms with E-state index in [1.54, 1.807) is 18.8 Å². The first-order chi connectivity index (χ1) is 14.0. The molecule has 1 aliphatic heterocycles. The lowest BCUT2D eigenvalue weighted by molar-refractivity contribution is -0.153. The van der Waals surface area contributed by atoms with E-state index in [4.69, 9.17) is 26.4 Å². The molecule has 3 N–H and O–H groups in total. The van der Waals surface area contributed by atoms with Crippen molar-refractivity contribution in [3.63, 3.8) is 0 Å². The van der Waals surface area contributed by atoms with Gasteiger partial charge in [-0.15, -0.1) is 6.42 Å². The fraction of sp³-hybridized carbons (Fsp3) is 0.611. The molecule has 0 aliphatic carbocycles. The summed E-state index contributed by atoms with van der Waals surface area (Å²) in [5, 5.41) is 0. The van der Waals surface area contributed by atoms with Crippen molar-refractivity contribution < 1.29 is 32.2 Å². The molecule has 0 saturated carbocycles. The summed E-state index contributed by atoms with van der Waals surface area (Å²) in [6, 6.07) is -0.872. The van der Waals surface area contributed by atoms with Crippen LogP contribution in [0, 0.1) is 18.3 Å². The Labute approximate surface area is 169 Å². The number of H-pyrrole nitrogens is 1. The van der Waals surface area contributed by atoms with Crippen LogP contribution >= 0.6 is 0 Å². The van der Waals surface area contributed by atoms with Crippen molar-refractivity contribution in [3.8, 4) is 12.3 Å². The largest absolute Gasteiger partial charge is 0.462 e. The number of terminal acetylenes is 1. The first-order valence-electron chi connectivity index (χ1n) is 9.01. The number of carbonyl (C=O) groups excluding carboxylic acids is 1.